The number of hydrogen-bond acceptors (Lipinski definition) is 5. The predicted molar refractivity (Wildman–Crippen MR) is 119 cm³/mol. The van der Waals surface area contributed by atoms with E-state index in [-0.39, 0.29) is 29.6 Å². The molecule has 0 spiro atoms. The summed E-state index contributed by atoms with van der Waals surface area (Å²) < 4.78 is 23.6. The number of benzene rings is 2. The minimum atomic E-state index is -3.30. The molecule has 2 aliphatic heterocycles. The molecule has 4 rings (SSSR count). The molecule has 8 heteroatoms. The fraction of sp³-hybridized carbons (Fsp3) is 0.348. The van der Waals surface area contributed by atoms with Crippen LogP contribution in [0.4, 0.5) is 5.69 Å². The van der Waals surface area contributed by atoms with Crippen molar-refractivity contribution >= 4 is 33.1 Å². The number of fused-ring (bicyclic) bond motifs is 1. The number of amides is 2. The third-order valence-electron chi connectivity index (χ3n) is 5.65. The van der Waals surface area contributed by atoms with E-state index < -0.39 is 9.84 Å². The summed E-state index contributed by atoms with van der Waals surface area (Å²) in [5, 5.41) is 5.89. The highest BCUT2D eigenvalue weighted by molar-refractivity contribution is 7.90. The standard InChI is InChI=1S/C23H25N3O4S/c1-31(29,30)19-9-10-21-18(16-19)8-5-14-25(21)22(27)11-12-23(28)26-15-13-20(24-26)17-6-3-2-4-7-17/h2-4,6-7,9-10,16H,5,8,11-15H2,1H3. The summed E-state index contributed by atoms with van der Waals surface area (Å²) in [6, 6.07) is 14.6. The molecule has 0 N–H and O–H groups in total. The molecule has 31 heavy (non-hydrogen) atoms. The molecule has 2 aromatic rings. The van der Waals surface area contributed by atoms with Crippen molar-refractivity contribution in [3.05, 3.63) is 59.7 Å². The highest BCUT2D eigenvalue weighted by atomic mass is 32.2. The number of nitrogens with zero attached hydrogens (tertiary/aromatic N) is 3. The average Bonchev–Trinajstić information content (AvgIpc) is 3.27. The molecule has 0 saturated heterocycles. The molecule has 0 aliphatic carbocycles. The van der Waals surface area contributed by atoms with Crippen LogP contribution >= 0.6 is 0 Å². The smallest absolute Gasteiger partial charge is 0.243 e. The molecule has 0 saturated carbocycles. The number of sulfone groups is 1. The van der Waals surface area contributed by atoms with Gasteiger partial charge in [0.15, 0.2) is 9.84 Å². The van der Waals surface area contributed by atoms with Gasteiger partial charge in [-0.15, -0.1) is 0 Å². The lowest BCUT2D eigenvalue weighted by Gasteiger charge is -2.30. The van der Waals surface area contributed by atoms with Crippen LogP contribution in [0.1, 0.15) is 36.8 Å². The molecule has 2 heterocycles. The minimum absolute atomic E-state index is 0.0949. The zero-order valence-corrected chi connectivity index (χ0v) is 18.3. The van der Waals surface area contributed by atoms with Gasteiger partial charge in [0.1, 0.15) is 0 Å². The Balaban J connectivity index is 1.40. The third-order valence-corrected chi connectivity index (χ3v) is 6.76. The van der Waals surface area contributed by atoms with Gasteiger partial charge in [-0.3, -0.25) is 9.59 Å². The number of hydrazone groups is 1. The Morgan fingerprint density at radius 1 is 0.968 bits per heavy atom. The van der Waals surface area contributed by atoms with Gasteiger partial charge in [-0.05, 0) is 42.2 Å². The first-order chi connectivity index (χ1) is 14.8. The Labute approximate surface area is 182 Å². The molecule has 0 unspecified atom stereocenters. The zero-order chi connectivity index (χ0) is 22.0. The van der Waals surface area contributed by atoms with E-state index in [4.69, 9.17) is 0 Å². The lowest BCUT2D eigenvalue weighted by atomic mass is 10.0. The maximum Gasteiger partial charge on any atom is 0.243 e. The highest BCUT2D eigenvalue weighted by Crippen LogP contribution is 2.30. The van der Waals surface area contributed by atoms with Crippen LogP contribution in [0.5, 0.6) is 0 Å². The number of carbonyl (C=O) groups is 2. The van der Waals surface area contributed by atoms with Gasteiger partial charge in [0.2, 0.25) is 11.8 Å². The summed E-state index contributed by atoms with van der Waals surface area (Å²) >= 11 is 0. The van der Waals surface area contributed by atoms with Crippen LogP contribution in [0.15, 0.2) is 58.5 Å². The van der Waals surface area contributed by atoms with Gasteiger partial charge in [0, 0.05) is 37.8 Å². The first kappa shape index (κ1) is 21.2. The molecule has 0 atom stereocenters. The molecule has 0 fully saturated rings. The molecule has 7 nitrogen and oxygen atoms in total. The molecule has 2 aromatic carbocycles. The van der Waals surface area contributed by atoms with Crippen molar-refractivity contribution < 1.29 is 18.0 Å². The van der Waals surface area contributed by atoms with Crippen LogP contribution in [0, 0.1) is 0 Å². The van der Waals surface area contributed by atoms with Crippen molar-refractivity contribution in [2.24, 2.45) is 5.10 Å². The van der Waals surface area contributed by atoms with E-state index >= 15 is 0 Å². The van der Waals surface area contributed by atoms with E-state index in [1.165, 1.54) is 17.3 Å². The normalized spacial score (nSPS) is 16.1. The van der Waals surface area contributed by atoms with Gasteiger partial charge < -0.3 is 4.90 Å². The summed E-state index contributed by atoms with van der Waals surface area (Å²) in [5.41, 5.74) is 3.48. The minimum Gasteiger partial charge on any atom is -0.312 e. The van der Waals surface area contributed by atoms with Crippen molar-refractivity contribution in [3.8, 4) is 0 Å². The fourth-order valence-corrected chi connectivity index (χ4v) is 4.68. The summed E-state index contributed by atoms with van der Waals surface area (Å²) in [6.07, 6.45) is 3.56. The third kappa shape index (κ3) is 4.69. The lowest BCUT2D eigenvalue weighted by molar-refractivity contribution is -0.132. The van der Waals surface area contributed by atoms with Crippen LogP contribution < -0.4 is 4.90 Å². The first-order valence-electron chi connectivity index (χ1n) is 10.4. The second-order valence-corrected chi connectivity index (χ2v) is 9.91. The number of anilines is 1. The van der Waals surface area contributed by atoms with E-state index in [9.17, 15) is 18.0 Å². The van der Waals surface area contributed by atoms with Gasteiger partial charge in [-0.25, -0.2) is 13.4 Å². The van der Waals surface area contributed by atoms with Crippen molar-refractivity contribution in [1.82, 2.24) is 5.01 Å². The molecule has 0 aromatic heterocycles. The molecule has 0 bridgehead atoms. The lowest BCUT2D eigenvalue weighted by Crippen LogP contribution is -2.36. The zero-order valence-electron chi connectivity index (χ0n) is 17.5. The van der Waals surface area contributed by atoms with Crippen LogP contribution in [-0.2, 0) is 25.8 Å². The maximum absolute atomic E-state index is 12.8. The summed E-state index contributed by atoms with van der Waals surface area (Å²) in [4.78, 5) is 27.4. The second-order valence-electron chi connectivity index (χ2n) is 7.89. The monoisotopic (exact) mass is 439 g/mol. The van der Waals surface area contributed by atoms with Gasteiger partial charge >= 0.3 is 0 Å². The number of hydrogen-bond donors (Lipinski definition) is 0. The molecular formula is C23H25N3O4S. The van der Waals surface area contributed by atoms with Crippen molar-refractivity contribution in [2.75, 3.05) is 24.2 Å². The molecule has 2 aliphatic rings. The number of aryl methyl sites for hydroxylation is 1. The highest BCUT2D eigenvalue weighted by Gasteiger charge is 2.26. The van der Waals surface area contributed by atoms with Crippen molar-refractivity contribution in [3.63, 3.8) is 0 Å². The number of rotatable bonds is 5. The second kappa shape index (κ2) is 8.63. The average molecular weight is 440 g/mol. The van der Waals surface area contributed by atoms with Crippen LogP contribution in [0.2, 0.25) is 0 Å². The quantitative estimate of drug-likeness (QED) is 0.717. The summed E-state index contributed by atoms with van der Waals surface area (Å²) in [5.74, 6) is -0.295. The fourth-order valence-electron chi connectivity index (χ4n) is 4.01. The SMILES string of the molecule is CS(=O)(=O)c1ccc2c(c1)CCCN2C(=O)CCC(=O)N1CCC(c2ccccc2)=N1. The van der Waals surface area contributed by atoms with E-state index in [1.807, 2.05) is 30.3 Å². The summed E-state index contributed by atoms with van der Waals surface area (Å²) in [7, 11) is -3.30. The van der Waals surface area contributed by atoms with E-state index in [1.54, 1.807) is 17.0 Å². The molecular weight excluding hydrogens is 414 g/mol. The Hall–Kier alpha value is -3.00. The van der Waals surface area contributed by atoms with Gasteiger partial charge in [-0.1, -0.05) is 30.3 Å². The predicted octanol–water partition coefficient (Wildman–Crippen LogP) is 2.79. The first-order valence-corrected chi connectivity index (χ1v) is 12.3. The maximum atomic E-state index is 12.8. The van der Waals surface area contributed by atoms with E-state index in [0.717, 1.165) is 35.4 Å². The van der Waals surface area contributed by atoms with Crippen molar-refractivity contribution in [2.45, 2.75) is 37.0 Å². The molecule has 0 radical (unpaired) electrons. The number of carbonyl (C=O) groups excluding carboxylic acids is 2. The molecule has 2 amide bonds. The van der Waals surface area contributed by atoms with Crippen LogP contribution in [0.25, 0.3) is 0 Å². The topological polar surface area (TPSA) is 87.1 Å². The summed E-state index contributed by atoms with van der Waals surface area (Å²) in [6.45, 7) is 1.09. The van der Waals surface area contributed by atoms with Gasteiger partial charge in [0.25, 0.3) is 0 Å². The van der Waals surface area contributed by atoms with E-state index in [0.29, 0.717) is 19.5 Å². The van der Waals surface area contributed by atoms with Gasteiger partial charge in [0.05, 0.1) is 17.2 Å². The largest absolute Gasteiger partial charge is 0.312 e. The Bertz CT molecular complexity index is 1140. The van der Waals surface area contributed by atoms with Crippen molar-refractivity contribution in [1.29, 1.82) is 0 Å². The van der Waals surface area contributed by atoms with Gasteiger partial charge in [-0.2, -0.15) is 5.10 Å². The Morgan fingerprint density at radius 2 is 1.71 bits per heavy atom. The Morgan fingerprint density at radius 3 is 2.45 bits per heavy atom. The Kier molecular flexibility index (Phi) is 5.91. The molecule has 162 valence electrons. The van der Waals surface area contributed by atoms with E-state index in [2.05, 4.69) is 5.10 Å². The van der Waals surface area contributed by atoms with Crippen LogP contribution in [0.3, 0.4) is 0 Å². The van der Waals surface area contributed by atoms with Crippen LogP contribution in [-0.4, -0.2) is 50.3 Å².